The first-order valence-corrected chi connectivity index (χ1v) is 26.3. The Kier molecular flexibility index (Phi) is 12.9. The Morgan fingerprint density at radius 1 is 0.743 bits per heavy atom. The van der Waals surface area contributed by atoms with Crippen LogP contribution in [0.1, 0.15) is 71.6 Å². The molecule has 0 aliphatic carbocycles. The molecule has 4 heterocycles. The number of alkyl halides is 3. The molecule has 0 fully saturated rings. The number of halogens is 3. The second-order valence-electron chi connectivity index (χ2n) is 18.7. The number of hydrogen-bond acceptors (Lipinski definition) is 5. The van der Waals surface area contributed by atoms with E-state index in [0.717, 1.165) is 51.1 Å². The Hall–Kier alpha value is -6.96. The van der Waals surface area contributed by atoms with Crippen molar-refractivity contribution in [2.24, 2.45) is 0 Å². The van der Waals surface area contributed by atoms with E-state index >= 15 is 0 Å². The van der Waals surface area contributed by atoms with Gasteiger partial charge in [-0.25, -0.2) is 4.98 Å². The molecule has 0 atom stereocenters. The molecule has 6 nitrogen and oxygen atoms in total. The average molecular weight is 1130 g/mol. The number of nitrogens with zero attached hydrogens (tertiary/aromatic N) is 5. The fraction of sp³-hybridized carbons (Fsp3) is 0.186. The van der Waals surface area contributed by atoms with Gasteiger partial charge in [0.05, 0.1) is 30.5 Å². The molecule has 0 amide bonds. The summed E-state index contributed by atoms with van der Waals surface area (Å²) in [5.41, 5.74) is 11.4. The van der Waals surface area contributed by atoms with Crippen LogP contribution in [0.3, 0.4) is 0 Å². The van der Waals surface area contributed by atoms with Gasteiger partial charge >= 0.3 is 6.18 Å². The van der Waals surface area contributed by atoms with Crippen LogP contribution in [0.4, 0.5) is 13.2 Å². The molecule has 0 aliphatic heterocycles. The molecule has 353 valence electrons. The fourth-order valence-electron chi connectivity index (χ4n) is 8.58. The molecule has 6 aromatic carbocycles. The monoisotopic (exact) mass is 1130 g/mol. The molecule has 11 heteroatoms. The van der Waals surface area contributed by atoms with Gasteiger partial charge in [0, 0.05) is 41.5 Å². The summed E-state index contributed by atoms with van der Waals surface area (Å²) in [6.07, 6.45) is -2.52. The number of aromatic nitrogens is 4. The number of benzene rings is 6. The molecule has 10 aromatic rings. The topological polar surface area (TPSA) is 80.5 Å². The minimum atomic E-state index is -4.33. The Labute approximate surface area is 425 Å². The SMILES string of the molecule is C[Si](C)(C)c1ccc(-c2[c-]cc(C(F)(F)F)cc2)nc1.[2H]C([2H])([2H])c1c[c-]c(-c2nc3ccccc3n2-c2c(C(C)C)cc(-c3ccc(-c4ccccc4)cc3)cc2C(C)C)c2oc3nc(C#N)ccc3c12.[Ir]. The normalized spacial score (nSPS) is 12.6. The number of fused-ring (bicyclic) bond motifs is 4. The molecule has 0 N–H and O–H groups in total. The standard InChI is InChI=1S/C44H35N4O.C15H15F3NSi.Ir/c1-26(2)36-23-32(31-18-16-30(17-19-31)29-11-7-6-8-12-29)24-37(27(3)4)41(36)48-39-14-10-9-13-38(39)47-43(48)35-21-15-28(5)40-34-22-20-33(25-45)46-44(34)49-42(35)40;1-20(2,3)13-8-9-14(19-10-13)11-4-6-12(7-5-11)15(16,17)18;/h6-20,22-24,26-27H,1-5H3;4,6-10H,1-3H3;/q2*-1;/i5D3;;. The van der Waals surface area contributed by atoms with Gasteiger partial charge in [-0.15, -0.1) is 47.5 Å². The Balaban J connectivity index is 0.000000285. The predicted octanol–water partition coefficient (Wildman–Crippen LogP) is 15.7. The van der Waals surface area contributed by atoms with Crippen molar-refractivity contribution in [1.29, 1.82) is 5.26 Å². The van der Waals surface area contributed by atoms with E-state index in [1.54, 1.807) is 12.1 Å². The van der Waals surface area contributed by atoms with Crippen molar-refractivity contribution in [3.05, 3.63) is 186 Å². The molecule has 0 saturated carbocycles. The van der Waals surface area contributed by atoms with Gasteiger partial charge in [0.25, 0.3) is 0 Å². The number of furan rings is 1. The van der Waals surface area contributed by atoms with Crippen LogP contribution >= 0.6 is 0 Å². The molecule has 0 spiro atoms. The third-order valence-electron chi connectivity index (χ3n) is 12.3. The van der Waals surface area contributed by atoms with E-state index in [-0.39, 0.29) is 48.9 Å². The van der Waals surface area contributed by atoms with Crippen molar-refractivity contribution in [3.8, 4) is 56.7 Å². The summed E-state index contributed by atoms with van der Waals surface area (Å²) in [6, 6.07) is 51.7. The van der Waals surface area contributed by atoms with Crippen LogP contribution in [-0.4, -0.2) is 27.6 Å². The van der Waals surface area contributed by atoms with Gasteiger partial charge in [0.15, 0.2) is 0 Å². The zero-order chi connectivity index (χ0) is 51.3. The Bertz CT molecular complexity index is 3570. The minimum Gasteiger partial charge on any atom is -0.486 e. The number of hydrogen-bond donors (Lipinski definition) is 0. The van der Waals surface area contributed by atoms with Crippen LogP contribution in [0.15, 0.2) is 150 Å². The molecule has 0 aliphatic rings. The van der Waals surface area contributed by atoms with E-state index in [2.05, 4.69) is 147 Å². The molecular formula is C59H50F3IrN5OSi-2. The molecular weight excluding hydrogens is 1070 g/mol. The summed E-state index contributed by atoms with van der Waals surface area (Å²) in [7, 11) is -1.41. The first kappa shape index (κ1) is 45.5. The van der Waals surface area contributed by atoms with Crippen molar-refractivity contribution < 1.29 is 41.8 Å². The zero-order valence-electron chi connectivity index (χ0n) is 42.6. The number of nitriles is 1. The van der Waals surface area contributed by atoms with Crippen molar-refractivity contribution in [3.63, 3.8) is 0 Å². The summed E-state index contributed by atoms with van der Waals surface area (Å²) in [5, 5.41) is 11.7. The molecule has 0 unspecified atom stereocenters. The third-order valence-corrected chi connectivity index (χ3v) is 14.3. The van der Waals surface area contributed by atoms with E-state index in [4.69, 9.17) is 13.5 Å². The maximum absolute atomic E-state index is 12.5. The predicted molar refractivity (Wildman–Crippen MR) is 275 cm³/mol. The van der Waals surface area contributed by atoms with E-state index in [9.17, 15) is 18.4 Å². The Morgan fingerprint density at radius 3 is 1.99 bits per heavy atom. The smallest absolute Gasteiger partial charge is 0.381 e. The number of pyridine rings is 2. The summed E-state index contributed by atoms with van der Waals surface area (Å²) >= 11 is 0. The molecule has 70 heavy (non-hydrogen) atoms. The van der Waals surface area contributed by atoms with Crippen LogP contribution in [-0.2, 0) is 26.3 Å². The number of rotatable bonds is 8. The number of aryl methyl sites for hydroxylation is 1. The third kappa shape index (κ3) is 9.77. The maximum Gasteiger partial charge on any atom is 0.381 e. The first-order chi connectivity index (χ1) is 34.2. The van der Waals surface area contributed by atoms with Gasteiger partial charge in [-0.2, -0.15) is 18.4 Å². The molecule has 0 bridgehead atoms. The summed E-state index contributed by atoms with van der Waals surface area (Å²) in [5.74, 6) is 0.866. The van der Waals surface area contributed by atoms with Crippen LogP contribution in [0.5, 0.6) is 0 Å². The van der Waals surface area contributed by atoms with Gasteiger partial charge in [0.2, 0.25) is 5.71 Å². The second-order valence-corrected chi connectivity index (χ2v) is 23.8. The first-order valence-electron chi connectivity index (χ1n) is 24.3. The molecule has 10 rings (SSSR count). The quantitative estimate of drug-likeness (QED) is 0.112. The van der Waals surface area contributed by atoms with E-state index < -0.39 is 26.7 Å². The van der Waals surface area contributed by atoms with Gasteiger partial charge in [-0.1, -0.05) is 144 Å². The Morgan fingerprint density at radius 2 is 1.40 bits per heavy atom. The van der Waals surface area contributed by atoms with Crippen molar-refractivity contribution >= 4 is 46.4 Å². The summed E-state index contributed by atoms with van der Waals surface area (Å²) in [6.45, 7) is 13.0. The van der Waals surface area contributed by atoms with E-state index in [1.165, 1.54) is 28.4 Å². The van der Waals surface area contributed by atoms with Crippen LogP contribution in [0, 0.1) is 30.3 Å². The van der Waals surface area contributed by atoms with Crippen LogP contribution < -0.4 is 5.19 Å². The summed E-state index contributed by atoms with van der Waals surface area (Å²) < 4.78 is 71.1. The van der Waals surface area contributed by atoms with Gasteiger partial charge < -0.3 is 14.0 Å². The van der Waals surface area contributed by atoms with E-state index in [0.29, 0.717) is 39.0 Å². The van der Waals surface area contributed by atoms with Gasteiger partial charge in [-0.3, -0.25) is 4.98 Å². The number of para-hydroxylation sites is 2. The number of imidazole rings is 1. The van der Waals surface area contributed by atoms with Crippen molar-refractivity contribution in [2.45, 2.75) is 72.2 Å². The van der Waals surface area contributed by atoms with Gasteiger partial charge in [0.1, 0.15) is 11.8 Å². The fourth-order valence-corrected chi connectivity index (χ4v) is 9.62. The zero-order valence-corrected chi connectivity index (χ0v) is 43.0. The minimum absolute atomic E-state index is 0. The van der Waals surface area contributed by atoms with Crippen molar-refractivity contribution in [1.82, 2.24) is 19.5 Å². The van der Waals surface area contributed by atoms with Crippen LogP contribution in [0.25, 0.3) is 83.7 Å². The van der Waals surface area contributed by atoms with Crippen molar-refractivity contribution in [2.75, 3.05) is 0 Å². The average Bonchev–Trinajstić information content (AvgIpc) is 3.94. The van der Waals surface area contributed by atoms with E-state index in [1.807, 2.05) is 42.6 Å². The van der Waals surface area contributed by atoms with Crippen LogP contribution in [0.2, 0.25) is 19.6 Å². The molecule has 0 saturated heterocycles. The maximum atomic E-state index is 12.5. The molecule has 4 aromatic heterocycles. The largest absolute Gasteiger partial charge is 0.486 e. The second kappa shape index (κ2) is 19.8. The summed E-state index contributed by atoms with van der Waals surface area (Å²) in [4.78, 5) is 13.9. The molecule has 1 radical (unpaired) electrons. The van der Waals surface area contributed by atoms with Gasteiger partial charge in [-0.05, 0) is 98.1 Å².